The molecule has 1 rings (SSSR count). The molecule has 1 aromatic rings. The van der Waals surface area contributed by atoms with Crippen LogP contribution in [0.4, 0.5) is 0 Å². The predicted octanol–water partition coefficient (Wildman–Crippen LogP) is 1.23. The highest BCUT2D eigenvalue weighted by Crippen LogP contribution is 2.26. The van der Waals surface area contributed by atoms with Gasteiger partial charge in [-0.25, -0.2) is 0 Å². The summed E-state index contributed by atoms with van der Waals surface area (Å²) in [5.41, 5.74) is 0. The Morgan fingerprint density at radius 2 is 2.33 bits per heavy atom. The average Bonchev–Trinajstić information content (AvgIpc) is 2.25. The van der Waals surface area contributed by atoms with Gasteiger partial charge in [-0.1, -0.05) is 6.07 Å². The molecule has 0 saturated carbocycles. The van der Waals surface area contributed by atoms with Crippen molar-refractivity contribution in [1.29, 1.82) is 0 Å². The van der Waals surface area contributed by atoms with Gasteiger partial charge in [0.05, 0.1) is 13.7 Å². The van der Waals surface area contributed by atoms with Crippen molar-refractivity contribution in [2.45, 2.75) is 10.1 Å². The number of benzene rings is 1. The third kappa shape index (κ3) is 3.45. The van der Waals surface area contributed by atoms with Crippen molar-refractivity contribution in [3.05, 3.63) is 24.3 Å². The Hall–Kier alpha value is -1.20. The van der Waals surface area contributed by atoms with Crippen molar-refractivity contribution in [3.63, 3.8) is 0 Å². The number of carboxylic acid groups (broad SMARTS) is 1. The largest absolute Gasteiger partial charge is 0.497 e. The van der Waals surface area contributed by atoms with Crippen molar-refractivity contribution in [2.24, 2.45) is 0 Å². The summed E-state index contributed by atoms with van der Waals surface area (Å²) < 4.78 is 5.01. The van der Waals surface area contributed by atoms with Crippen LogP contribution >= 0.6 is 11.8 Å². The van der Waals surface area contributed by atoms with Crippen LogP contribution in [0.3, 0.4) is 0 Å². The van der Waals surface area contributed by atoms with Crippen LogP contribution in [0, 0.1) is 0 Å². The lowest BCUT2D eigenvalue weighted by molar-refractivity contribution is -0.137. The molecule has 0 amide bonds. The van der Waals surface area contributed by atoms with E-state index in [1.165, 1.54) is 0 Å². The fourth-order valence-electron chi connectivity index (χ4n) is 1.00. The van der Waals surface area contributed by atoms with Crippen LogP contribution in [-0.4, -0.2) is 35.1 Å². The van der Waals surface area contributed by atoms with E-state index in [0.717, 1.165) is 16.7 Å². The number of carbonyl (C=O) groups is 1. The number of ether oxygens (including phenoxy) is 1. The maximum Gasteiger partial charge on any atom is 0.319 e. The standard InChI is InChI=1S/C10H12O4S/c1-14-7-3-2-4-8(5-7)15-9(6-11)10(12)13/h2-5,9,11H,6H2,1H3,(H,12,13). The number of carboxylic acids is 1. The summed E-state index contributed by atoms with van der Waals surface area (Å²) in [7, 11) is 1.55. The maximum absolute atomic E-state index is 10.7. The lowest BCUT2D eigenvalue weighted by Crippen LogP contribution is -2.20. The SMILES string of the molecule is COc1cccc(SC(CO)C(=O)O)c1. The topological polar surface area (TPSA) is 66.8 Å². The maximum atomic E-state index is 10.7. The highest BCUT2D eigenvalue weighted by Gasteiger charge is 2.17. The van der Waals surface area contributed by atoms with Gasteiger partial charge < -0.3 is 14.9 Å². The van der Waals surface area contributed by atoms with Crippen molar-refractivity contribution >= 4 is 17.7 Å². The first-order valence-electron chi connectivity index (χ1n) is 4.31. The molecule has 0 heterocycles. The van der Waals surface area contributed by atoms with E-state index in [4.69, 9.17) is 14.9 Å². The normalized spacial score (nSPS) is 12.1. The van der Waals surface area contributed by atoms with Gasteiger partial charge in [-0.05, 0) is 18.2 Å². The minimum Gasteiger partial charge on any atom is -0.497 e. The molecule has 5 heteroatoms. The van der Waals surface area contributed by atoms with E-state index in [2.05, 4.69) is 0 Å². The van der Waals surface area contributed by atoms with E-state index in [1.807, 2.05) is 0 Å². The molecule has 1 atom stereocenters. The van der Waals surface area contributed by atoms with E-state index in [-0.39, 0.29) is 0 Å². The summed E-state index contributed by atoms with van der Waals surface area (Å²) in [6.07, 6.45) is 0. The van der Waals surface area contributed by atoms with E-state index in [9.17, 15) is 4.79 Å². The Morgan fingerprint density at radius 3 is 2.87 bits per heavy atom. The molecule has 82 valence electrons. The number of rotatable bonds is 5. The number of aliphatic hydroxyl groups is 1. The number of thioether (sulfide) groups is 1. The average molecular weight is 228 g/mol. The Morgan fingerprint density at radius 1 is 1.60 bits per heavy atom. The molecular formula is C10H12O4S. The van der Waals surface area contributed by atoms with Gasteiger partial charge in [0, 0.05) is 4.90 Å². The zero-order valence-electron chi connectivity index (χ0n) is 8.21. The van der Waals surface area contributed by atoms with Crippen LogP contribution in [-0.2, 0) is 4.79 Å². The van der Waals surface area contributed by atoms with Crippen LogP contribution in [0.25, 0.3) is 0 Å². The lowest BCUT2D eigenvalue weighted by atomic mass is 10.3. The first kappa shape index (κ1) is 11.9. The third-order valence-electron chi connectivity index (χ3n) is 1.76. The quantitative estimate of drug-likeness (QED) is 0.742. The first-order valence-corrected chi connectivity index (χ1v) is 5.19. The Kier molecular flexibility index (Phi) is 4.45. The lowest BCUT2D eigenvalue weighted by Gasteiger charge is -2.09. The molecule has 1 aromatic carbocycles. The van der Waals surface area contributed by atoms with Gasteiger partial charge >= 0.3 is 5.97 Å². The summed E-state index contributed by atoms with van der Waals surface area (Å²) in [5, 5.41) is 16.8. The minimum absolute atomic E-state index is 0.392. The third-order valence-corrected chi connectivity index (χ3v) is 2.92. The molecule has 0 saturated heterocycles. The van der Waals surface area contributed by atoms with Crippen LogP contribution < -0.4 is 4.74 Å². The first-order chi connectivity index (χ1) is 7.17. The Bertz CT molecular complexity index is 340. The fraction of sp³-hybridized carbons (Fsp3) is 0.300. The molecule has 0 bridgehead atoms. The number of aliphatic hydroxyl groups excluding tert-OH is 1. The Labute approximate surface area is 91.9 Å². The summed E-state index contributed by atoms with van der Waals surface area (Å²) in [6.45, 7) is -0.392. The molecule has 0 aliphatic heterocycles. The molecule has 0 radical (unpaired) electrons. The summed E-state index contributed by atoms with van der Waals surface area (Å²) >= 11 is 1.10. The van der Waals surface area contributed by atoms with Crippen LogP contribution in [0.2, 0.25) is 0 Å². The van der Waals surface area contributed by atoms with E-state index in [0.29, 0.717) is 5.75 Å². The van der Waals surface area contributed by atoms with E-state index in [1.54, 1.807) is 31.4 Å². The van der Waals surface area contributed by atoms with Crippen molar-refractivity contribution in [3.8, 4) is 5.75 Å². The van der Waals surface area contributed by atoms with Crippen molar-refractivity contribution < 1.29 is 19.7 Å². The highest BCUT2D eigenvalue weighted by atomic mass is 32.2. The van der Waals surface area contributed by atoms with Crippen molar-refractivity contribution in [1.82, 2.24) is 0 Å². The molecule has 0 aliphatic carbocycles. The number of hydrogen-bond donors (Lipinski definition) is 2. The van der Waals surface area contributed by atoms with Crippen LogP contribution in [0.15, 0.2) is 29.2 Å². The van der Waals surface area contributed by atoms with Gasteiger partial charge in [-0.3, -0.25) is 4.79 Å². The smallest absolute Gasteiger partial charge is 0.319 e. The monoisotopic (exact) mass is 228 g/mol. The predicted molar refractivity (Wildman–Crippen MR) is 57.4 cm³/mol. The molecule has 2 N–H and O–H groups in total. The second kappa shape index (κ2) is 5.63. The van der Waals surface area contributed by atoms with Crippen LogP contribution in [0.1, 0.15) is 0 Å². The zero-order chi connectivity index (χ0) is 11.3. The number of hydrogen-bond acceptors (Lipinski definition) is 4. The molecule has 0 fully saturated rings. The van der Waals surface area contributed by atoms with E-state index < -0.39 is 17.8 Å². The van der Waals surface area contributed by atoms with Gasteiger partial charge in [0.1, 0.15) is 11.0 Å². The summed E-state index contributed by atoms with van der Waals surface area (Å²) in [5.74, 6) is -0.354. The summed E-state index contributed by atoms with van der Waals surface area (Å²) in [4.78, 5) is 11.4. The molecule has 1 unspecified atom stereocenters. The van der Waals surface area contributed by atoms with Gasteiger partial charge in [0.2, 0.25) is 0 Å². The number of aliphatic carboxylic acids is 1. The fourth-order valence-corrected chi connectivity index (χ4v) is 1.85. The van der Waals surface area contributed by atoms with Crippen LogP contribution in [0.5, 0.6) is 5.75 Å². The second-order valence-electron chi connectivity index (χ2n) is 2.81. The highest BCUT2D eigenvalue weighted by molar-refractivity contribution is 8.00. The zero-order valence-corrected chi connectivity index (χ0v) is 9.03. The van der Waals surface area contributed by atoms with Gasteiger partial charge in [-0.15, -0.1) is 11.8 Å². The van der Waals surface area contributed by atoms with Gasteiger partial charge in [-0.2, -0.15) is 0 Å². The molecule has 4 nitrogen and oxygen atoms in total. The second-order valence-corrected chi connectivity index (χ2v) is 4.08. The van der Waals surface area contributed by atoms with Gasteiger partial charge in [0.25, 0.3) is 0 Å². The van der Waals surface area contributed by atoms with Gasteiger partial charge in [0.15, 0.2) is 0 Å². The minimum atomic E-state index is -1.02. The number of methoxy groups -OCH3 is 1. The molecule has 15 heavy (non-hydrogen) atoms. The molecule has 0 spiro atoms. The Balaban J connectivity index is 2.74. The summed E-state index contributed by atoms with van der Waals surface area (Å²) in [6, 6.07) is 7.06. The molecule has 0 aromatic heterocycles. The van der Waals surface area contributed by atoms with E-state index >= 15 is 0 Å². The van der Waals surface area contributed by atoms with Crippen molar-refractivity contribution in [2.75, 3.05) is 13.7 Å². The molecular weight excluding hydrogens is 216 g/mol. The molecule has 0 aliphatic rings.